The van der Waals surface area contributed by atoms with E-state index in [4.69, 9.17) is 18.5 Å². The minimum Gasteiger partial charge on any atom is -0.756 e. The van der Waals surface area contributed by atoms with Crippen molar-refractivity contribution in [2.75, 3.05) is 47.5 Å². The number of phosphoric acid groups is 1. The molecular formula is C53H94NO8P. The summed E-state index contributed by atoms with van der Waals surface area (Å²) >= 11 is 0. The van der Waals surface area contributed by atoms with Crippen LogP contribution in [0.5, 0.6) is 0 Å². The molecule has 2 unspecified atom stereocenters. The molecule has 364 valence electrons. The Bertz CT molecular complexity index is 1300. The second-order valence-electron chi connectivity index (χ2n) is 17.8. The maximum Gasteiger partial charge on any atom is 0.306 e. The molecule has 63 heavy (non-hydrogen) atoms. The predicted molar refractivity (Wildman–Crippen MR) is 263 cm³/mol. The fourth-order valence-electron chi connectivity index (χ4n) is 6.56. The highest BCUT2D eigenvalue weighted by atomic mass is 31.2. The minimum atomic E-state index is -4.64. The standard InChI is InChI=1S/C53H94NO8P/c1-6-8-10-12-14-16-18-20-22-24-26-27-28-30-32-34-36-38-40-42-44-46-53(56)62-51(50-61-63(57,58)60-48-47-54(3,4)5)49-59-52(55)45-43-41-39-37-35-33-31-29-25-23-21-19-17-15-13-11-9-7-2/h8,10,14,16-17,19-20,22-23,25-27,51H,6-7,9,11-13,15,18,21,24,28-50H2,1-5H3/b10-8-,16-14-,19-17-,22-20-,25-23-,27-26-. The third kappa shape index (κ3) is 48.7. The van der Waals surface area contributed by atoms with Crippen molar-refractivity contribution in [3.8, 4) is 0 Å². The van der Waals surface area contributed by atoms with E-state index in [9.17, 15) is 19.0 Å². The summed E-state index contributed by atoms with van der Waals surface area (Å²) in [5.41, 5.74) is 0. The molecule has 0 saturated heterocycles. The van der Waals surface area contributed by atoms with E-state index in [0.717, 1.165) is 89.9 Å². The Labute approximate surface area is 387 Å². The van der Waals surface area contributed by atoms with E-state index in [1.54, 1.807) is 0 Å². The summed E-state index contributed by atoms with van der Waals surface area (Å²) in [5, 5.41) is 0. The van der Waals surface area contributed by atoms with Crippen LogP contribution in [0.3, 0.4) is 0 Å². The molecule has 0 fully saturated rings. The van der Waals surface area contributed by atoms with Crippen molar-refractivity contribution >= 4 is 19.8 Å². The summed E-state index contributed by atoms with van der Waals surface area (Å²) in [5.74, 6) is -0.854. The van der Waals surface area contributed by atoms with Crippen LogP contribution < -0.4 is 4.89 Å². The Kier molecular flexibility index (Phi) is 42.8. The third-order valence-corrected chi connectivity index (χ3v) is 11.4. The van der Waals surface area contributed by atoms with E-state index in [2.05, 4.69) is 86.8 Å². The number of carbonyl (C=O) groups is 2. The molecule has 0 aromatic rings. The topological polar surface area (TPSA) is 111 Å². The number of allylic oxidation sites excluding steroid dienone is 12. The molecule has 0 aliphatic carbocycles. The van der Waals surface area contributed by atoms with Crippen molar-refractivity contribution in [1.29, 1.82) is 0 Å². The molecule has 9 nitrogen and oxygen atoms in total. The number of hydrogen-bond donors (Lipinski definition) is 0. The van der Waals surface area contributed by atoms with Crippen LogP contribution in [0.15, 0.2) is 72.9 Å². The van der Waals surface area contributed by atoms with Crippen LogP contribution in [0.2, 0.25) is 0 Å². The van der Waals surface area contributed by atoms with Crippen LogP contribution in [0.4, 0.5) is 0 Å². The van der Waals surface area contributed by atoms with Crippen LogP contribution >= 0.6 is 7.82 Å². The van der Waals surface area contributed by atoms with Gasteiger partial charge in [-0.1, -0.05) is 177 Å². The zero-order chi connectivity index (χ0) is 46.4. The summed E-state index contributed by atoms with van der Waals surface area (Å²) in [6, 6.07) is 0. The first-order valence-corrected chi connectivity index (χ1v) is 26.6. The van der Waals surface area contributed by atoms with Crippen LogP contribution in [0, 0.1) is 0 Å². The molecule has 0 heterocycles. The minimum absolute atomic E-state index is 0.0372. The molecular weight excluding hydrogens is 810 g/mol. The van der Waals surface area contributed by atoms with Gasteiger partial charge in [0.2, 0.25) is 0 Å². The van der Waals surface area contributed by atoms with Gasteiger partial charge in [-0.3, -0.25) is 14.2 Å². The van der Waals surface area contributed by atoms with Crippen LogP contribution in [0.25, 0.3) is 0 Å². The average molecular weight is 904 g/mol. The Morgan fingerprint density at radius 1 is 0.508 bits per heavy atom. The van der Waals surface area contributed by atoms with E-state index < -0.39 is 32.5 Å². The van der Waals surface area contributed by atoms with Gasteiger partial charge < -0.3 is 27.9 Å². The fourth-order valence-corrected chi connectivity index (χ4v) is 7.29. The summed E-state index contributed by atoms with van der Waals surface area (Å²) in [6.07, 6.45) is 56.4. The predicted octanol–water partition coefficient (Wildman–Crippen LogP) is 14.3. The number of ether oxygens (including phenoxy) is 2. The Morgan fingerprint density at radius 3 is 1.35 bits per heavy atom. The van der Waals surface area contributed by atoms with Crippen molar-refractivity contribution < 1.29 is 42.1 Å². The zero-order valence-corrected chi connectivity index (χ0v) is 41.9. The normalized spacial score (nSPS) is 14.1. The summed E-state index contributed by atoms with van der Waals surface area (Å²) in [6.45, 7) is 4.08. The lowest BCUT2D eigenvalue weighted by atomic mass is 10.1. The molecule has 0 aromatic carbocycles. The number of unbranched alkanes of at least 4 members (excludes halogenated alkanes) is 19. The van der Waals surface area contributed by atoms with Gasteiger partial charge in [-0.15, -0.1) is 0 Å². The van der Waals surface area contributed by atoms with Gasteiger partial charge in [0.15, 0.2) is 6.10 Å². The smallest absolute Gasteiger partial charge is 0.306 e. The third-order valence-electron chi connectivity index (χ3n) is 10.5. The molecule has 0 radical (unpaired) electrons. The molecule has 0 aromatic heterocycles. The van der Waals surface area contributed by atoms with Crippen molar-refractivity contribution in [2.45, 2.75) is 206 Å². The van der Waals surface area contributed by atoms with Gasteiger partial charge in [-0.05, 0) is 83.5 Å². The molecule has 0 aliphatic rings. The lowest BCUT2D eigenvalue weighted by Gasteiger charge is -2.28. The van der Waals surface area contributed by atoms with Gasteiger partial charge in [-0.25, -0.2) is 0 Å². The molecule has 2 atom stereocenters. The van der Waals surface area contributed by atoms with Crippen molar-refractivity contribution in [2.24, 2.45) is 0 Å². The molecule has 0 bridgehead atoms. The molecule has 0 rings (SSSR count). The summed E-state index contributed by atoms with van der Waals surface area (Å²) < 4.78 is 34.0. The number of phosphoric ester groups is 1. The van der Waals surface area contributed by atoms with Crippen LogP contribution in [-0.4, -0.2) is 70.0 Å². The lowest BCUT2D eigenvalue weighted by Crippen LogP contribution is -2.37. The SMILES string of the molecule is CC/C=C\C/C=C\C/C=C\C/C=C\CCCCCCCCCCC(=O)OC(COC(=O)CCCCCCCCC/C=C\C/C=C\CCCCCC)COP(=O)([O-])OCC[N+](C)(C)C. The maximum atomic E-state index is 12.7. The van der Waals surface area contributed by atoms with E-state index >= 15 is 0 Å². The molecule has 0 spiro atoms. The number of nitrogens with zero attached hydrogens (tertiary/aromatic N) is 1. The van der Waals surface area contributed by atoms with Gasteiger partial charge in [-0.2, -0.15) is 0 Å². The van der Waals surface area contributed by atoms with E-state index in [1.807, 2.05) is 21.1 Å². The first-order valence-electron chi connectivity index (χ1n) is 25.1. The van der Waals surface area contributed by atoms with Crippen LogP contribution in [-0.2, 0) is 32.7 Å². The number of esters is 2. The zero-order valence-electron chi connectivity index (χ0n) is 41.0. The number of carbonyl (C=O) groups excluding carboxylic acids is 2. The van der Waals surface area contributed by atoms with E-state index in [1.165, 1.54) is 77.0 Å². The quantitative estimate of drug-likeness (QED) is 0.0195. The van der Waals surface area contributed by atoms with Crippen molar-refractivity contribution in [1.82, 2.24) is 0 Å². The Hall–Kier alpha value is -2.55. The van der Waals surface area contributed by atoms with Gasteiger partial charge >= 0.3 is 11.9 Å². The van der Waals surface area contributed by atoms with Crippen molar-refractivity contribution in [3.63, 3.8) is 0 Å². The summed E-state index contributed by atoms with van der Waals surface area (Å²) in [7, 11) is 1.15. The largest absolute Gasteiger partial charge is 0.756 e. The number of quaternary nitrogens is 1. The molecule has 0 N–H and O–H groups in total. The monoisotopic (exact) mass is 904 g/mol. The lowest BCUT2D eigenvalue weighted by molar-refractivity contribution is -0.870. The highest BCUT2D eigenvalue weighted by Crippen LogP contribution is 2.38. The first kappa shape index (κ1) is 60.5. The van der Waals surface area contributed by atoms with Gasteiger partial charge in [0.25, 0.3) is 7.82 Å². The Balaban J connectivity index is 4.31. The second kappa shape index (κ2) is 44.6. The van der Waals surface area contributed by atoms with E-state index in [0.29, 0.717) is 17.4 Å². The molecule has 10 heteroatoms. The summed E-state index contributed by atoms with van der Waals surface area (Å²) in [4.78, 5) is 37.7. The van der Waals surface area contributed by atoms with Gasteiger partial charge in [0.1, 0.15) is 19.8 Å². The maximum absolute atomic E-state index is 12.7. The van der Waals surface area contributed by atoms with Gasteiger partial charge in [0.05, 0.1) is 27.7 Å². The second-order valence-corrected chi connectivity index (χ2v) is 19.2. The highest BCUT2D eigenvalue weighted by Gasteiger charge is 2.21. The number of hydrogen-bond acceptors (Lipinski definition) is 8. The molecule has 0 saturated carbocycles. The van der Waals surface area contributed by atoms with Crippen molar-refractivity contribution in [3.05, 3.63) is 72.9 Å². The number of likely N-dealkylation sites (N-methyl/N-ethyl adjacent to an activating group) is 1. The fraction of sp³-hybridized carbons (Fsp3) is 0.736. The van der Waals surface area contributed by atoms with Crippen LogP contribution in [0.1, 0.15) is 200 Å². The molecule has 0 aliphatic heterocycles. The average Bonchev–Trinajstić information content (AvgIpc) is 3.24. The first-order chi connectivity index (χ1) is 30.5. The number of rotatable bonds is 45. The highest BCUT2D eigenvalue weighted by molar-refractivity contribution is 7.45. The van der Waals surface area contributed by atoms with E-state index in [-0.39, 0.29) is 26.1 Å². The van der Waals surface area contributed by atoms with Gasteiger partial charge in [0, 0.05) is 12.8 Å². The Morgan fingerprint density at radius 2 is 0.905 bits per heavy atom. The molecule has 0 amide bonds.